The molecule has 1 aromatic heterocycles. The van der Waals surface area contributed by atoms with E-state index in [0.717, 1.165) is 49.5 Å². The summed E-state index contributed by atoms with van der Waals surface area (Å²) < 4.78 is 18.9. The van der Waals surface area contributed by atoms with Crippen LogP contribution < -0.4 is 0 Å². The number of hydrogen-bond donors (Lipinski definition) is 0. The topological polar surface area (TPSA) is 62.5 Å². The van der Waals surface area contributed by atoms with Gasteiger partial charge in [-0.05, 0) is 42.2 Å². The van der Waals surface area contributed by atoms with Crippen LogP contribution in [0.2, 0.25) is 0 Å². The fraction of sp³-hybridized carbons (Fsp3) is 0.423. The molecule has 1 aliphatic heterocycles. The summed E-state index contributed by atoms with van der Waals surface area (Å²) in [5, 5.41) is 4.22. The van der Waals surface area contributed by atoms with Crippen molar-refractivity contribution < 1.29 is 13.7 Å². The molecule has 1 aliphatic carbocycles. The Morgan fingerprint density at radius 3 is 2.55 bits per heavy atom. The van der Waals surface area contributed by atoms with Crippen LogP contribution >= 0.6 is 0 Å². The normalized spacial score (nSPS) is 17.5. The van der Waals surface area contributed by atoms with Gasteiger partial charge in [-0.25, -0.2) is 4.39 Å². The highest BCUT2D eigenvalue weighted by Crippen LogP contribution is 2.34. The molecule has 1 amide bonds. The number of nitrogens with zero attached hydrogens (tertiary/aromatic N) is 4. The Labute approximate surface area is 193 Å². The van der Waals surface area contributed by atoms with E-state index in [2.05, 4.69) is 27.2 Å². The third-order valence-corrected chi connectivity index (χ3v) is 6.71. The highest BCUT2D eigenvalue weighted by molar-refractivity contribution is 5.78. The van der Waals surface area contributed by atoms with Crippen LogP contribution in [0.4, 0.5) is 4.39 Å². The van der Waals surface area contributed by atoms with Gasteiger partial charge in [0, 0.05) is 44.2 Å². The Kier molecular flexibility index (Phi) is 6.48. The summed E-state index contributed by atoms with van der Waals surface area (Å²) in [5.74, 6) is 1.59. The maximum atomic E-state index is 13.4. The number of aromatic nitrogens is 2. The van der Waals surface area contributed by atoms with Gasteiger partial charge in [0.1, 0.15) is 5.82 Å². The van der Waals surface area contributed by atoms with Crippen LogP contribution in [0, 0.1) is 5.82 Å². The number of piperazine rings is 1. The van der Waals surface area contributed by atoms with Crippen LogP contribution in [0.5, 0.6) is 0 Å². The molecule has 7 heteroatoms. The molecule has 33 heavy (non-hydrogen) atoms. The fourth-order valence-corrected chi connectivity index (χ4v) is 4.85. The monoisotopic (exact) mass is 448 g/mol. The van der Waals surface area contributed by atoms with Gasteiger partial charge in [0.2, 0.25) is 17.6 Å². The molecule has 2 heterocycles. The van der Waals surface area contributed by atoms with E-state index < -0.39 is 0 Å². The molecule has 2 aliphatic rings. The summed E-state index contributed by atoms with van der Waals surface area (Å²) in [5.41, 5.74) is 2.89. The summed E-state index contributed by atoms with van der Waals surface area (Å²) >= 11 is 0. The first-order valence-electron chi connectivity index (χ1n) is 11.8. The largest absolute Gasteiger partial charge is 0.340 e. The molecule has 1 saturated heterocycles. The molecular weight excluding hydrogens is 419 g/mol. The first kappa shape index (κ1) is 21.8. The molecule has 2 aromatic carbocycles. The summed E-state index contributed by atoms with van der Waals surface area (Å²) in [6.45, 7) is 3.81. The summed E-state index contributed by atoms with van der Waals surface area (Å²) in [6, 6.07) is 14.6. The Bertz CT molecular complexity index is 1100. The molecule has 172 valence electrons. The minimum Gasteiger partial charge on any atom is -0.340 e. The van der Waals surface area contributed by atoms with Crippen molar-refractivity contribution in [3.8, 4) is 11.4 Å². The van der Waals surface area contributed by atoms with E-state index in [1.165, 1.54) is 30.5 Å². The van der Waals surface area contributed by atoms with Crippen LogP contribution in [0.1, 0.15) is 48.6 Å². The zero-order valence-corrected chi connectivity index (χ0v) is 18.8. The maximum absolute atomic E-state index is 13.4. The molecule has 0 atom stereocenters. The molecule has 3 aromatic rings. The van der Waals surface area contributed by atoms with Crippen LogP contribution in [-0.2, 0) is 17.8 Å². The lowest BCUT2D eigenvalue weighted by Crippen LogP contribution is -2.48. The van der Waals surface area contributed by atoms with E-state index in [9.17, 15) is 9.18 Å². The number of halogens is 1. The van der Waals surface area contributed by atoms with Gasteiger partial charge in [0.15, 0.2) is 0 Å². The van der Waals surface area contributed by atoms with Crippen molar-refractivity contribution in [3.63, 3.8) is 0 Å². The fourth-order valence-electron chi connectivity index (χ4n) is 4.85. The van der Waals surface area contributed by atoms with Crippen LogP contribution in [0.25, 0.3) is 11.4 Å². The van der Waals surface area contributed by atoms with Gasteiger partial charge in [-0.15, -0.1) is 0 Å². The van der Waals surface area contributed by atoms with Gasteiger partial charge in [0.25, 0.3) is 0 Å². The maximum Gasteiger partial charge on any atom is 0.230 e. The average molecular weight is 449 g/mol. The van der Waals surface area contributed by atoms with Crippen molar-refractivity contribution in [2.45, 2.75) is 44.6 Å². The molecule has 0 N–H and O–H groups in total. The molecule has 2 fully saturated rings. The van der Waals surface area contributed by atoms with Gasteiger partial charge in [-0.3, -0.25) is 9.69 Å². The van der Waals surface area contributed by atoms with Crippen LogP contribution in [-0.4, -0.2) is 52.0 Å². The molecule has 0 bridgehead atoms. The van der Waals surface area contributed by atoms with Crippen molar-refractivity contribution in [1.82, 2.24) is 19.9 Å². The Morgan fingerprint density at radius 2 is 1.76 bits per heavy atom. The van der Waals surface area contributed by atoms with Crippen molar-refractivity contribution in [3.05, 3.63) is 71.4 Å². The molecular formula is C26H29FN4O2. The molecule has 5 rings (SSSR count). The lowest BCUT2D eigenvalue weighted by Gasteiger charge is -2.35. The number of carbonyl (C=O) groups is 1. The third kappa shape index (κ3) is 5.30. The number of hydrogen-bond acceptors (Lipinski definition) is 5. The second-order valence-corrected chi connectivity index (χ2v) is 9.10. The number of rotatable bonds is 6. The van der Waals surface area contributed by atoms with Gasteiger partial charge >= 0.3 is 0 Å². The molecule has 0 spiro atoms. The number of benzene rings is 2. The summed E-state index contributed by atoms with van der Waals surface area (Å²) in [4.78, 5) is 21.5. The first-order valence-corrected chi connectivity index (χ1v) is 11.8. The quantitative estimate of drug-likeness (QED) is 0.559. The molecule has 0 radical (unpaired) electrons. The zero-order chi connectivity index (χ0) is 22.6. The van der Waals surface area contributed by atoms with Gasteiger partial charge < -0.3 is 9.42 Å². The predicted molar refractivity (Wildman–Crippen MR) is 123 cm³/mol. The van der Waals surface area contributed by atoms with E-state index in [0.29, 0.717) is 24.8 Å². The van der Waals surface area contributed by atoms with Crippen molar-refractivity contribution in [2.75, 3.05) is 26.2 Å². The lowest BCUT2D eigenvalue weighted by molar-refractivity contribution is -0.132. The second kappa shape index (κ2) is 9.83. The van der Waals surface area contributed by atoms with E-state index in [1.54, 1.807) is 12.1 Å². The zero-order valence-electron chi connectivity index (χ0n) is 18.8. The van der Waals surface area contributed by atoms with E-state index >= 15 is 0 Å². The van der Waals surface area contributed by atoms with Gasteiger partial charge in [-0.2, -0.15) is 4.98 Å². The van der Waals surface area contributed by atoms with Crippen molar-refractivity contribution in [2.24, 2.45) is 0 Å². The molecule has 6 nitrogen and oxygen atoms in total. The molecule has 1 saturated carbocycles. The number of amides is 1. The van der Waals surface area contributed by atoms with Crippen molar-refractivity contribution in [1.29, 1.82) is 0 Å². The summed E-state index contributed by atoms with van der Waals surface area (Å²) in [6.07, 6.45) is 4.99. The minimum absolute atomic E-state index is 0.0532. The van der Waals surface area contributed by atoms with Crippen LogP contribution in [0.3, 0.4) is 0 Å². The second-order valence-electron chi connectivity index (χ2n) is 9.10. The van der Waals surface area contributed by atoms with E-state index in [-0.39, 0.29) is 18.1 Å². The van der Waals surface area contributed by atoms with Gasteiger partial charge in [-0.1, -0.05) is 48.3 Å². The highest BCUT2D eigenvalue weighted by atomic mass is 19.1. The Morgan fingerprint density at radius 1 is 1.00 bits per heavy atom. The highest BCUT2D eigenvalue weighted by Gasteiger charge is 2.24. The Hall–Kier alpha value is -3.06. The SMILES string of the molecule is O=C(Cc1cccc(F)c1)N1CCN(Cc2cccc(-c3noc(C4CCCC4)n3)c2)CC1. The third-order valence-electron chi connectivity index (χ3n) is 6.71. The smallest absolute Gasteiger partial charge is 0.230 e. The predicted octanol–water partition coefficient (Wildman–Crippen LogP) is 4.42. The Balaban J connectivity index is 1.15. The van der Waals surface area contributed by atoms with E-state index in [4.69, 9.17) is 4.52 Å². The average Bonchev–Trinajstić information content (AvgIpc) is 3.52. The first-order chi connectivity index (χ1) is 16.1. The number of carbonyl (C=O) groups excluding carboxylic acids is 1. The minimum atomic E-state index is -0.303. The summed E-state index contributed by atoms with van der Waals surface area (Å²) in [7, 11) is 0. The lowest BCUT2D eigenvalue weighted by atomic mass is 10.1. The van der Waals surface area contributed by atoms with Crippen LogP contribution in [0.15, 0.2) is 53.1 Å². The molecule has 0 unspecified atom stereocenters. The van der Waals surface area contributed by atoms with Crippen molar-refractivity contribution >= 4 is 5.91 Å². The standard InChI is InChI=1S/C26H29FN4O2/c27-23-10-4-5-19(16-23)17-24(32)31-13-11-30(12-14-31)18-20-6-3-9-22(15-20)25-28-26(33-29-25)21-7-1-2-8-21/h3-6,9-10,15-16,21H,1-2,7-8,11-14,17-18H2. The van der Waals surface area contributed by atoms with Gasteiger partial charge in [0.05, 0.1) is 6.42 Å². The van der Waals surface area contributed by atoms with E-state index in [1.807, 2.05) is 17.0 Å².